The van der Waals surface area contributed by atoms with E-state index in [1.165, 1.54) is 10.5 Å². The van der Waals surface area contributed by atoms with E-state index in [0.29, 0.717) is 5.92 Å². The molecule has 1 heterocycles. The average molecular weight is 223 g/mol. The summed E-state index contributed by atoms with van der Waals surface area (Å²) in [6.45, 7) is 2.07. The number of rotatable bonds is 3. The minimum Gasteiger partial charge on any atom is -0.496 e. The number of ether oxygens (including phenoxy) is 1. The molecule has 0 fully saturated rings. The molecule has 0 radical (unpaired) electrons. The largest absolute Gasteiger partial charge is 0.496 e. The lowest BCUT2D eigenvalue weighted by Crippen LogP contribution is -2.18. The predicted molar refractivity (Wildman–Crippen MR) is 64.7 cm³/mol. The van der Waals surface area contributed by atoms with Crippen molar-refractivity contribution >= 4 is 11.8 Å². The van der Waals surface area contributed by atoms with Crippen molar-refractivity contribution in [1.29, 1.82) is 0 Å². The van der Waals surface area contributed by atoms with Crippen LogP contribution >= 0.6 is 11.8 Å². The number of fused-ring (bicyclic) bond motifs is 1. The van der Waals surface area contributed by atoms with Crippen LogP contribution in [0.15, 0.2) is 23.1 Å². The molecular weight excluding hydrogens is 206 g/mol. The van der Waals surface area contributed by atoms with Crippen molar-refractivity contribution in [2.75, 3.05) is 12.9 Å². The first-order valence-corrected chi connectivity index (χ1v) is 6.26. The van der Waals surface area contributed by atoms with Gasteiger partial charge in [-0.2, -0.15) is 0 Å². The van der Waals surface area contributed by atoms with Gasteiger partial charge in [0.2, 0.25) is 0 Å². The van der Waals surface area contributed by atoms with E-state index >= 15 is 0 Å². The molecule has 2 atom stereocenters. The standard InChI is InChI=1S/C12H17NOS/c1-8(13)6-9-7-15-11-5-3-4-10(14-2)12(9)11/h3-5,8-9H,6-7,13H2,1-2H3. The lowest BCUT2D eigenvalue weighted by molar-refractivity contribution is 0.403. The summed E-state index contributed by atoms with van der Waals surface area (Å²) < 4.78 is 5.41. The fraction of sp³-hybridized carbons (Fsp3) is 0.500. The molecule has 0 spiro atoms. The van der Waals surface area contributed by atoms with E-state index in [2.05, 4.69) is 19.1 Å². The molecular formula is C12H17NOS. The van der Waals surface area contributed by atoms with Crippen LogP contribution in [0.4, 0.5) is 0 Å². The molecule has 1 aliphatic rings. The monoisotopic (exact) mass is 223 g/mol. The third-order valence-electron chi connectivity index (χ3n) is 2.75. The van der Waals surface area contributed by atoms with Gasteiger partial charge >= 0.3 is 0 Å². The van der Waals surface area contributed by atoms with Crippen LogP contribution in [0.2, 0.25) is 0 Å². The summed E-state index contributed by atoms with van der Waals surface area (Å²) in [6.07, 6.45) is 1.04. The van der Waals surface area contributed by atoms with E-state index in [4.69, 9.17) is 10.5 Å². The summed E-state index contributed by atoms with van der Waals surface area (Å²) in [7, 11) is 1.74. The molecule has 3 heteroatoms. The smallest absolute Gasteiger partial charge is 0.123 e. The average Bonchev–Trinajstić information content (AvgIpc) is 2.61. The lowest BCUT2D eigenvalue weighted by atomic mass is 9.94. The normalized spacial score (nSPS) is 21.1. The molecule has 0 saturated carbocycles. The third kappa shape index (κ3) is 2.13. The fourth-order valence-corrected chi connectivity index (χ4v) is 3.42. The van der Waals surface area contributed by atoms with E-state index in [0.717, 1.165) is 17.9 Å². The highest BCUT2D eigenvalue weighted by Crippen LogP contribution is 2.46. The predicted octanol–water partition coefficient (Wildman–Crippen LogP) is 2.62. The molecule has 0 amide bonds. The van der Waals surface area contributed by atoms with Gasteiger partial charge in [0.05, 0.1) is 7.11 Å². The zero-order valence-corrected chi connectivity index (χ0v) is 10.0. The molecule has 2 unspecified atom stereocenters. The van der Waals surface area contributed by atoms with Crippen LogP contribution in [0.3, 0.4) is 0 Å². The van der Waals surface area contributed by atoms with Crippen molar-refractivity contribution < 1.29 is 4.74 Å². The van der Waals surface area contributed by atoms with Crippen LogP contribution < -0.4 is 10.5 Å². The Kier molecular flexibility index (Phi) is 3.22. The van der Waals surface area contributed by atoms with Crippen molar-refractivity contribution in [2.24, 2.45) is 5.73 Å². The van der Waals surface area contributed by atoms with Crippen molar-refractivity contribution in [3.63, 3.8) is 0 Å². The Morgan fingerprint density at radius 3 is 3.07 bits per heavy atom. The Bertz CT molecular complexity index is 351. The van der Waals surface area contributed by atoms with E-state index in [1.807, 2.05) is 17.8 Å². The minimum absolute atomic E-state index is 0.256. The molecule has 0 saturated heterocycles. The zero-order chi connectivity index (χ0) is 10.8. The third-order valence-corrected chi connectivity index (χ3v) is 3.99. The van der Waals surface area contributed by atoms with E-state index in [9.17, 15) is 0 Å². The topological polar surface area (TPSA) is 35.2 Å². The summed E-state index contributed by atoms with van der Waals surface area (Å²) in [5.74, 6) is 2.71. The molecule has 15 heavy (non-hydrogen) atoms. The highest BCUT2D eigenvalue weighted by Gasteiger charge is 2.27. The fourth-order valence-electron chi connectivity index (χ4n) is 2.14. The van der Waals surface area contributed by atoms with Gasteiger partial charge in [-0.25, -0.2) is 0 Å². The second kappa shape index (κ2) is 4.45. The van der Waals surface area contributed by atoms with E-state index in [-0.39, 0.29) is 6.04 Å². The molecule has 0 aromatic heterocycles. The molecule has 2 rings (SSSR count). The minimum atomic E-state index is 0.256. The van der Waals surface area contributed by atoms with Gasteiger partial charge in [0, 0.05) is 22.3 Å². The number of methoxy groups -OCH3 is 1. The maximum Gasteiger partial charge on any atom is 0.123 e. The highest BCUT2D eigenvalue weighted by molar-refractivity contribution is 7.99. The summed E-state index contributed by atoms with van der Waals surface area (Å²) in [4.78, 5) is 1.36. The molecule has 1 aromatic rings. The van der Waals surface area contributed by atoms with Gasteiger partial charge in [0.15, 0.2) is 0 Å². The van der Waals surface area contributed by atoms with Crippen molar-refractivity contribution in [1.82, 2.24) is 0 Å². The van der Waals surface area contributed by atoms with E-state index < -0.39 is 0 Å². The highest BCUT2D eigenvalue weighted by atomic mass is 32.2. The van der Waals surface area contributed by atoms with Gasteiger partial charge in [-0.1, -0.05) is 6.07 Å². The van der Waals surface area contributed by atoms with Crippen molar-refractivity contribution in [3.05, 3.63) is 23.8 Å². The Morgan fingerprint density at radius 1 is 1.60 bits per heavy atom. The Morgan fingerprint density at radius 2 is 2.40 bits per heavy atom. The summed E-state index contributed by atoms with van der Waals surface area (Å²) in [5, 5.41) is 0. The molecule has 2 N–H and O–H groups in total. The van der Waals surface area contributed by atoms with Crippen LogP contribution in [0.5, 0.6) is 5.75 Å². The maximum absolute atomic E-state index is 5.87. The first kappa shape index (κ1) is 10.8. The summed E-state index contributed by atoms with van der Waals surface area (Å²) in [6, 6.07) is 6.52. The van der Waals surface area contributed by atoms with Gasteiger partial charge < -0.3 is 10.5 Å². The number of nitrogens with two attached hydrogens (primary N) is 1. The van der Waals surface area contributed by atoms with Crippen LogP contribution in [-0.2, 0) is 0 Å². The van der Waals surface area contributed by atoms with E-state index in [1.54, 1.807) is 7.11 Å². The molecule has 0 bridgehead atoms. The number of hydrogen-bond acceptors (Lipinski definition) is 3. The van der Waals surface area contributed by atoms with Crippen LogP contribution in [0, 0.1) is 0 Å². The first-order valence-electron chi connectivity index (χ1n) is 5.27. The number of benzene rings is 1. The van der Waals surface area contributed by atoms with Gasteiger partial charge in [0.1, 0.15) is 5.75 Å². The SMILES string of the molecule is COc1cccc2c1C(CC(C)N)CS2. The summed E-state index contributed by atoms with van der Waals surface area (Å²) in [5.41, 5.74) is 7.23. The van der Waals surface area contributed by atoms with Crippen LogP contribution in [-0.4, -0.2) is 18.9 Å². The van der Waals surface area contributed by atoms with Crippen molar-refractivity contribution in [2.45, 2.75) is 30.2 Å². The zero-order valence-electron chi connectivity index (χ0n) is 9.19. The Balaban J connectivity index is 2.31. The van der Waals surface area contributed by atoms with Crippen molar-refractivity contribution in [3.8, 4) is 5.75 Å². The van der Waals surface area contributed by atoms with Gasteiger partial charge in [-0.15, -0.1) is 11.8 Å². The van der Waals surface area contributed by atoms with Gasteiger partial charge in [0.25, 0.3) is 0 Å². The number of thioether (sulfide) groups is 1. The molecule has 1 aromatic carbocycles. The summed E-state index contributed by atoms with van der Waals surface area (Å²) >= 11 is 1.91. The molecule has 1 aliphatic heterocycles. The maximum atomic E-state index is 5.87. The Hall–Kier alpha value is -0.670. The quantitative estimate of drug-likeness (QED) is 0.855. The second-order valence-electron chi connectivity index (χ2n) is 4.09. The lowest BCUT2D eigenvalue weighted by Gasteiger charge is -2.15. The first-order chi connectivity index (χ1) is 7.22. The molecule has 0 aliphatic carbocycles. The van der Waals surface area contributed by atoms with Gasteiger partial charge in [-0.05, 0) is 31.4 Å². The van der Waals surface area contributed by atoms with Crippen LogP contribution in [0.1, 0.15) is 24.8 Å². The van der Waals surface area contributed by atoms with Crippen LogP contribution in [0.25, 0.3) is 0 Å². The molecule has 2 nitrogen and oxygen atoms in total. The second-order valence-corrected chi connectivity index (χ2v) is 5.15. The Labute approximate surface area is 95.2 Å². The van der Waals surface area contributed by atoms with Gasteiger partial charge in [-0.3, -0.25) is 0 Å². The molecule has 82 valence electrons. The number of hydrogen-bond donors (Lipinski definition) is 1.